The van der Waals surface area contributed by atoms with Crippen molar-refractivity contribution in [2.45, 2.75) is 32.2 Å². The molecular formula is C18H22N2O. The fourth-order valence-corrected chi connectivity index (χ4v) is 2.97. The minimum atomic E-state index is 0.183. The van der Waals surface area contributed by atoms with Gasteiger partial charge in [-0.15, -0.1) is 0 Å². The summed E-state index contributed by atoms with van der Waals surface area (Å²) in [6.45, 7) is 1.70. The topological polar surface area (TPSA) is 34.0 Å². The van der Waals surface area contributed by atoms with Gasteiger partial charge in [-0.25, -0.2) is 0 Å². The Balaban J connectivity index is 1.46. The van der Waals surface area contributed by atoms with Crippen LogP contribution in [-0.2, 0) is 11.3 Å². The van der Waals surface area contributed by atoms with Crippen molar-refractivity contribution in [2.24, 2.45) is 5.92 Å². The third kappa shape index (κ3) is 3.35. The molecular weight excluding hydrogens is 260 g/mol. The highest BCUT2D eigenvalue weighted by molar-refractivity contribution is 5.80. The molecule has 1 aromatic heterocycles. The fourth-order valence-electron chi connectivity index (χ4n) is 2.97. The number of hydrogen-bond acceptors (Lipinski definition) is 1. The molecule has 110 valence electrons. The Morgan fingerprint density at radius 2 is 2.14 bits per heavy atom. The summed E-state index contributed by atoms with van der Waals surface area (Å²) in [6.07, 6.45) is 10.3. The molecule has 21 heavy (non-hydrogen) atoms. The van der Waals surface area contributed by atoms with E-state index in [-0.39, 0.29) is 11.8 Å². The van der Waals surface area contributed by atoms with E-state index in [0.717, 1.165) is 38.8 Å². The van der Waals surface area contributed by atoms with Crippen LogP contribution in [-0.4, -0.2) is 17.0 Å². The van der Waals surface area contributed by atoms with Gasteiger partial charge in [0, 0.05) is 30.7 Å². The standard InChI is InChI=1S/C18H22N2O/c21-18(16-8-2-1-3-9-16)19-12-6-13-20-14-11-15-7-4-5-10-17(15)20/h1-2,4-5,7,10-11,14,16H,3,6,8-9,12-13H2,(H,19,21). The summed E-state index contributed by atoms with van der Waals surface area (Å²) in [5, 5.41) is 4.35. The van der Waals surface area contributed by atoms with E-state index in [9.17, 15) is 4.79 Å². The van der Waals surface area contributed by atoms with Gasteiger partial charge in [0.05, 0.1) is 0 Å². The van der Waals surface area contributed by atoms with Gasteiger partial charge in [-0.1, -0.05) is 30.4 Å². The Morgan fingerprint density at radius 1 is 1.24 bits per heavy atom. The van der Waals surface area contributed by atoms with Crippen molar-refractivity contribution < 1.29 is 4.79 Å². The maximum Gasteiger partial charge on any atom is 0.223 e. The second kappa shape index (κ2) is 6.61. The number of carbonyl (C=O) groups excluding carboxylic acids is 1. The van der Waals surface area contributed by atoms with E-state index in [1.165, 1.54) is 10.9 Å². The molecule has 1 aliphatic carbocycles. The van der Waals surface area contributed by atoms with Gasteiger partial charge in [0.2, 0.25) is 5.91 Å². The summed E-state index contributed by atoms with van der Waals surface area (Å²) in [5.74, 6) is 0.402. The van der Waals surface area contributed by atoms with Gasteiger partial charge in [0.1, 0.15) is 0 Å². The Labute approximate surface area is 125 Å². The minimum Gasteiger partial charge on any atom is -0.356 e. The number of nitrogens with one attached hydrogen (secondary N) is 1. The van der Waals surface area contributed by atoms with Gasteiger partial charge >= 0.3 is 0 Å². The Hall–Kier alpha value is -2.03. The number of fused-ring (bicyclic) bond motifs is 1. The molecule has 1 aromatic carbocycles. The average Bonchev–Trinajstić information content (AvgIpc) is 2.95. The monoisotopic (exact) mass is 282 g/mol. The lowest BCUT2D eigenvalue weighted by Crippen LogP contribution is -2.32. The number of hydrogen-bond donors (Lipinski definition) is 1. The van der Waals surface area contributed by atoms with Gasteiger partial charge in [0.15, 0.2) is 0 Å². The number of nitrogens with zero attached hydrogens (tertiary/aromatic N) is 1. The summed E-state index contributed by atoms with van der Waals surface area (Å²) in [4.78, 5) is 12.0. The number of para-hydroxylation sites is 1. The molecule has 0 aliphatic heterocycles. The van der Waals surface area contributed by atoms with Crippen LogP contribution in [0, 0.1) is 5.92 Å². The van der Waals surface area contributed by atoms with Crippen molar-refractivity contribution in [1.82, 2.24) is 9.88 Å². The first-order chi connectivity index (χ1) is 10.3. The summed E-state index contributed by atoms with van der Waals surface area (Å²) >= 11 is 0. The third-order valence-corrected chi connectivity index (χ3v) is 4.20. The molecule has 1 heterocycles. The first kappa shape index (κ1) is 13.9. The maximum atomic E-state index is 12.0. The van der Waals surface area contributed by atoms with Crippen LogP contribution >= 0.6 is 0 Å². The average molecular weight is 282 g/mol. The summed E-state index contributed by atoms with van der Waals surface area (Å²) in [6, 6.07) is 10.5. The lowest BCUT2D eigenvalue weighted by molar-refractivity contribution is -0.125. The first-order valence-corrected chi connectivity index (χ1v) is 7.81. The van der Waals surface area contributed by atoms with Crippen LogP contribution in [0.5, 0.6) is 0 Å². The van der Waals surface area contributed by atoms with E-state index >= 15 is 0 Å². The van der Waals surface area contributed by atoms with Crippen LogP contribution in [0.4, 0.5) is 0 Å². The Kier molecular flexibility index (Phi) is 4.39. The van der Waals surface area contributed by atoms with E-state index in [4.69, 9.17) is 0 Å². The number of rotatable bonds is 5. The number of amides is 1. The van der Waals surface area contributed by atoms with Crippen molar-refractivity contribution in [3.63, 3.8) is 0 Å². The second-order valence-electron chi connectivity index (χ2n) is 5.69. The molecule has 0 fully saturated rings. The Bertz CT molecular complexity index is 641. The predicted molar refractivity (Wildman–Crippen MR) is 86.0 cm³/mol. The molecule has 2 aromatic rings. The zero-order valence-corrected chi connectivity index (χ0v) is 12.3. The van der Waals surface area contributed by atoms with Gasteiger partial charge in [-0.2, -0.15) is 0 Å². The van der Waals surface area contributed by atoms with Crippen LogP contribution < -0.4 is 5.32 Å². The largest absolute Gasteiger partial charge is 0.356 e. The highest BCUT2D eigenvalue weighted by Gasteiger charge is 2.17. The Morgan fingerprint density at radius 3 is 3.00 bits per heavy atom. The lowest BCUT2D eigenvalue weighted by Gasteiger charge is -2.17. The van der Waals surface area contributed by atoms with Crippen molar-refractivity contribution in [2.75, 3.05) is 6.54 Å². The molecule has 3 rings (SSSR count). The van der Waals surface area contributed by atoms with Crippen LogP contribution in [0.3, 0.4) is 0 Å². The predicted octanol–water partition coefficient (Wildman–Crippen LogP) is 3.50. The lowest BCUT2D eigenvalue weighted by atomic mass is 9.94. The molecule has 0 bridgehead atoms. The highest BCUT2D eigenvalue weighted by atomic mass is 16.1. The van der Waals surface area contributed by atoms with E-state index < -0.39 is 0 Å². The van der Waals surface area contributed by atoms with E-state index in [2.05, 4.69) is 58.6 Å². The van der Waals surface area contributed by atoms with Crippen LogP contribution in [0.25, 0.3) is 10.9 Å². The molecule has 3 nitrogen and oxygen atoms in total. The molecule has 0 radical (unpaired) electrons. The smallest absolute Gasteiger partial charge is 0.223 e. The first-order valence-electron chi connectivity index (χ1n) is 7.81. The van der Waals surface area contributed by atoms with E-state index in [1.807, 2.05) is 0 Å². The molecule has 0 saturated carbocycles. The van der Waals surface area contributed by atoms with Crippen LogP contribution in [0.2, 0.25) is 0 Å². The summed E-state index contributed by atoms with van der Waals surface area (Å²) < 4.78 is 2.25. The van der Waals surface area contributed by atoms with Crippen LogP contribution in [0.1, 0.15) is 25.7 Å². The SMILES string of the molecule is O=C(NCCCn1ccc2ccccc21)C1CC=CCC1. The molecule has 3 heteroatoms. The fraction of sp³-hybridized carbons (Fsp3) is 0.389. The molecule has 0 spiro atoms. The number of aromatic nitrogens is 1. The zero-order chi connectivity index (χ0) is 14.5. The summed E-state index contributed by atoms with van der Waals surface area (Å²) in [5.41, 5.74) is 1.27. The summed E-state index contributed by atoms with van der Waals surface area (Å²) in [7, 11) is 0. The number of allylic oxidation sites excluding steroid dienone is 2. The van der Waals surface area contributed by atoms with Crippen molar-refractivity contribution in [3.05, 3.63) is 48.7 Å². The van der Waals surface area contributed by atoms with Crippen molar-refractivity contribution in [3.8, 4) is 0 Å². The number of benzene rings is 1. The molecule has 1 unspecified atom stereocenters. The number of carbonyl (C=O) groups is 1. The third-order valence-electron chi connectivity index (χ3n) is 4.20. The van der Waals surface area contributed by atoms with Crippen molar-refractivity contribution >= 4 is 16.8 Å². The zero-order valence-electron chi connectivity index (χ0n) is 12.3. The molecule has 0 saturated heterocycles. The van der Waals surface area contributed by atoms with Crippen molar-refractivity contribution in [1.29, 1.82) is 0 Å². The second-order valence-corrected chi connectivity index (χ2v) is 5.69. The van der Waals surface area contributed by atoms with Gasteiger partial charge in [-0.05, 0) is 43.2 Å². The maximum absolute atomic E-state index is 12.0. The van der Waals surface area contributed by atoms with Gasteiger partial charge in [0.25, 0.3) is 0 Å². The van der Waals surface area contributed by atoms with E-state index in [1.54, 1.807) is 0 Å². The minimum absolute atomic E-state index is 0.183. The van der Waals surface area contributed by atoms with Crippen LogP contribution in [0.15, 0.2) is 48.7 Å². The number of aryl methyl sites for hydroxylation is 1. The van der Waals surface area contributed by atoms with Gasteiger partial charge in [-0.3, -0.25) is 4.79 Å². The highest BCUT2D eigenvalue weighted by Crippen LogP contribution is 2.18. The molecule has 1 atom stereocenters. The molecule has 1 amide bonds. The van der Waals surface area contributed by atoms with Gasteiger partial charge < -0.3 is 9.88 Å². The van der Waals surface area contributed by atoms with E-state index in [0.29, 0.717) is 0 Å². The molecule has 1 N–H and O–H groups in total. The molecule has 1 aliphatic rings. The normalized spacial score (nSPS) is 18.0. The quantitative estimate of drug-likeness (QED) is 0.661.